The lowest BCUT2D eigenvalue weighted by molar-refractivity contribution is -0.159. The average molecular weight is 341 g/mol. The van der Waals surface area contributed by atoms with Crippen LogP contribution in [-0.4, -0.2) is 55.2 Å². The fourth-order valence-electron chi connectivity index (χ4n) is 2.83. The van der Waals surface area contributed by atoms with Crippen LogP contribution in [0.2, 0.25) is 0 Å². The second-order valence-corrected chi connectivity index (χ2v) is 8.22. The van der Waals surface area contributed by atoms with E-state index in [-0.39, 0.29) is 18.0 Å². The number of ether oxygens (including phenoxy) is 2. The number of morpholine rings is 1. The molecule has 126 valence electrons. The molecule has 2 aliphatic heterocycles. The van der Waals surface area contributed by atoms with E-state index in [2.05, 4.69) is 0 Å². The molecule has 7 nitrogen and oxygen atoms in total. The number of carboxylic acid groups (broad SMARTS) is 1. The third-order valence-electron chi connectivity index (χ3n) is 4.18. The molecule has 1 saturated heterocycles. The quantitative estimate of drug-likeness (QED) is 0.877. The first-order valence-electron chi connectivity index (χ1n) is 7.35. The number of hydrogen-bond acceptors (Lipinski definition) is 5. The molecule has 0 bridgehead atoms. The first kappa shape index (κ1) is 16.2. The van der Waals surface area contributed by atoms with E-state index >= 15 is 0 Å². The lowest BCUT2D eigenvalue weighted by atomic mass is 10.0. The van der Waals surface area contributed by atoms with E-state index in [1.165, 1.54) is 10.4 Å². The zero-order valence-electron chi connectivity index (χ0n) is 13.0. The molecule has 1 unspecified atom stereocenters. The maximum Gasteiger partial charge on any atom is 0.334 e. The summed E-state index contributed by atoms with van der Waals surface area (Å²) >= 11 is 0. The van der Waals surface area contributed by atoms with Gasteiger partial charge in [0, 0.05) is 12.5 Å². The van der Waals surface area contributed by atoms with Crippen LogP contribution < -0.4 is 4.74 Å². The Morgan fingerprint density at radius 1 is 1.39 bits per heavy atom. The molecule has 0 spiro atoms. The highest BCUT2D eigenvalue weighted by atomic mass is 32.2. The average Bonchev–Trinajstić information content (AvgIpc) is 2.93. The molecule has 1 N–H and O–H groups in total. The van der Waals surface area contributed by atoms with Crippen LogP contribution in [0.3, 0.4) is 0 Å². The van der Waals surface area contributed by atoms with Gasteiger partial charge in [0.2, 0.25) is 10.0 Å². The highest BCUT2D eigenvalue weighted by Gasteiger charge is 2.45. The second kappa shape index (κ2) is 5.47. The van der Waals surface area contributed by atoms with E-state index in [0.29, 0.717) is 12.4 Å². The summed E-state index contributed by atoms with van der Waals surface area (Å²) in [7, 11) is -3.85. The first-order valence-corrected chi connectivity index (χ1v) is 8.79. The van der Waals surface area contributed by atoms with Crippen molar-refractivity contribution in [3.8, 4) is 5.75 Å². The maximum absolute atomic E-state index is 13.0. The highest BCUT2D eigenvalue weighted by molar-refractivity contribution is 7.89. The number of benzene rings is 1. The van der Waals surface area contributed by atoms with Gasteiger partial charge in [-0.25, -0.2) is 13.2 Å². The molecule has 0 saturated carbocycles. The maximum atomic E-state index is 13.0. The normalized spacial score (nSPS) is 24.0. The van der Waals surface area contributed by atoms with Crippen molar-refractivity contribution in [3.05, 3.63) is 23.8 Å². The van der Waals surface area contributed by atoms with E-state index < -0.39 is 27.6 Å². The SMILES string of the molecule is CC1(C)COC(C(=O)O)CN1S(=O)(=O)c1ccc2c(c1)OCC2. The predicted molar refractivity (Wildman–Crippen MR) is 81.0 cm³/mol. The Hall–Kier alpha value is -1.64. The Labute approximate surface area is 134 Å². The Morgan fingerprint density at radius 2 is 2.13 bits per heavy atom. The van der Waals surface area contributed by atoms with Crippen molar-refractivity contribution >= 4 is 16.0 Å². The molecule has 0 radical (unpaired) electrons. The molecule has 0 amide bonds. The molecular weight excluding hydrogens is 322 g/mol. The van der Waals surface area contributed by atoms with Crippen LogP contribution >= 0.6 is 0 Å². The fraction of sp³-hybridized carbons (Fsp3) is 0.533. The van der Waals surface area contributed by atoms with Crippen LogP contribution in [-0.2, 0) is 26.0 Å². The lowest BCUT2D eigenvalue weighted by Gasteiger charge is -2.42. The van der Waals surface area contributed by atoms with Gasteiger partial charge in [0.1, 0.15) is 5.75 Å². The number of rotatable bonds is 3. The molecule has 1 aromatic carbocycles. The van der Waals surface area contributed by atoms with Crippen molar-refractivity contribution in [3.63, 3.8) is 0 Å². The number of sulfonamides is 1. The van der Waals surface area contributed by atoms with E-state index in [1.54, 1.807) is 26.0 Å². The van der Waals surface area contributed by atoms with E-state index in [9.17, 15) is 13.2 Å². The standard InChI is InChI=1S/C15H19NO6S/c1-15(2)9-22-13(14(17)18)8-16(15)23(19,20)11-4-3-10-5-6-21-12(10)7-11/h3-4,7,13H,5-6,8-9H2,1-2H3,(H,17,18). The number of nitrogens with zero attached hydrogens (tertiary/aromatic N) is 1. The topological polar surface area (TPSA) is 93.1 Å². The van der Waals surface area contributed by atoms with Crippen molar-refractivity contribution < 1.29 is 27.8 Å². The Kier molecular flexibility index (Phi) is 3.86. The Bertz CT molecular complexity index is 742. The summed E-state index contributed by atoms with van der Waals surface area (Å²) in [6, 6.07) is 4.81. The molecule has 1 aromatic rings. The molecule has 23 heavy (non-hydrogen) atoms. The molecule has 3 rings (SSSR count). The monoisotopic (exact) mass is 341 g/mol. The van der Waals surface area contributed by atoms with Crippen LogP contribution in [0.4, 0.5) is 0 Å². The summed E-state index contributed by atoms with van der Waals surface area (Å²) < 4.78 is 37.9. The summed E-state index contributed by atoms with van der Waals surface area (Å²) in [4.78, 5) is 11.3. The van der Waals surface area contributed by atoms with Crippen LogP contribution in [0.5, 0.6) is 5.75 Å². The van der Waals surface area contributed by atoms with Gasteiger partial charge >= 0.3 is 5.97 Å². The lowest BCUT2D eigenvalue weighted by Crippen LogP contribution is -2.59. The third kappa shape index (κ3) is 2.82. The third-order valence-corrected chi connectivity index (χ3v) is 6.25. The number of hydrogen-bond donors (Lipinski definition) is 1. The number of fused-ring (bicyclic) bond motifs is 1. The van der Waals surface area contributed by atoms with Crippen molar-refractivity contribution in [1.82, 2.24) is 4.31 Å². The summed E-state index contributed by atoms with van der Waals surface area (Å²) in [5, 5.41) is 9.12. The van der Waals surface area contributed by atoms with Crippen LogP contribution in [0.1, 0.15) is 19.4 Å². The largest absolute Gasteiger partial charge is 0.493 e. The second-order valence-electron chi connectivity index (χ2n) is 6.35. The molecule has 1 fully saturated rings. The van der Waals surface area contributed by atoms with Crippen molar-refractivity contribution in [1.29, 1.82) is 0 Å². The fourth-order valence-corrected chi connectivity index (χ4v) is 4.62. The molecule has 0 aromatic heterocycles. The zero-order valence-corrected chi connectivity index (χ0v) is 13.8. The van der Waals surface area contributed by atoms with Crippen molar-refractivity contribution in [2.45, 2.75) is 36.8 Å². The number of carbonyl (C=O) groups is 1. The van der Waals surface area contributed by atoms with Crippen LogP contribution in [0.25, 0.3) is 0 Å². The number of aliphatic carboxylic acids is 1. The van der Waals surface area contributed by atoms with Gasteiger partial charge in [0.15, 0.2) is 6.10 Å². The van der Waals surface area contributed by atoms with Gasteiger partial charge in [-0.1, -0.05) is 6.07 Å². The van der Waals surface area contributed by atoms with Gasteiger partial charge < -0.3 is 14.6 Å². The van der Waals surface area contributed by atoms with Gasteiger partial charge in [-0.05, 0) is 25.5 Å². The predicted octanol–water partition coefficient (Wildman–Crippen LogP) is 0.874. The van der Waals surface area contributed by atoms with Crippen molar-refractivity contribution in [2.75, 3.05) is 19.8 Å². The van der Waals surface area contributed by atoms with Crippen molar-refractivity contribution in [2.24, 2.45) is 0 Å². The molecule has 0 aliphatic carbocycles. The minimum absolute atomic E-state index is 0.0185. The van der Waals surface area contributed by atoms with Crippen LogP contribution in [0.15, 0.2) is 23.1 Å². The van der Waals surface area contributed by atoms with Crippen LogP contribution in [0, 0.1) is 0 Å². The number of carboxylic acids is 1. The summed E-state index contributed by atoms with van der Waals surface area (Å²) in [6.45, 7) is 3.77. The van der Waals surface area contributed by atoms with Gasteiger partial charge in [0.05, 0.1) is 30.2 Å². The minimum Gasteiger partial charge on any atom is -0.493 e. The summed E-state index contributed by atoms with van der Waals surface area (Å²) in [5.41, 5.74) is 0.151. The van der Waals surface area contributed by atoms with Gasteiger partial charge in [-0.15, -0.1) is 0 Å². The van der Waals surface area contributed by atoms with Gasteiger partial charge in [-0.3, -0.25) is 0 Å². The minimum atomic E-state index is -3.85. The smallest absolute Gasteiger partial charge is 0.334 e. The zero-order chi connectivity index (χ0) is 16.8. The Morgan fingerprint density at radius 3 is 2.83 bits per heavy atom. The molecule has 2 aliphatic rings. The molecule has 1 atom stereocenters. The van der Waals surface area contributed by atoms with E-state index in [1.807, 2.05) is 0 Å². The molecule has 2 heterocycles. The highest BCUT2D eigenvalue weighted by Crippen LogP contribution is 2.33. The molecule has 8 heteroatoms. The first-order chi connectivity index (χ1) is 10.7. The Balaban J connectivity index is 1.98. The van der Waals surface area contributed by atoms with E-state index in [0.717, 1.165) is 12.0 Å². The van der Waals surface area contributed by atoms with E-state index in [4.69, 9.17) is 14.6 Å². The summed E-state index contributed by atoms with van der Waals surface area (Å²) in [5.74, 6) is -0.593. The van der Waals surface area contributed by atoms with Gasteiger partial charge in [-0.2, -0.15) is 4.31 Å². The van der Waals surface area contributed by atoms with Gasteiger partial charge in [0.25, 0.3) is 0 Å². The summed E-state index contributed by atoms with van der Waals surface area (Å²) in [6.07, 6.45) is -0.400. The molecular formula is C15H19NO6S.